The summed E-state index contributed by atoms with van der Waals surface area (Å²) >= 11 is 0. The van der Waals surface area contributed by atoms with Crippen LogP contribution < -0.4 is 14.8 Å². The van der Waals surface area contributed by atoms with Gasteiger partial charge in [-0.2, -0.15) is 0 Å². The minimum atomic E-state index is -3.58. The Kier molecular flexibility index (Phi) is 7.71. The first-order chi connectivity index (χ1) is 13.7. The highest BCUT2D eigenvalue weighted by atomic mass is 32.2. The van der Waals surface area contributed by atoms with E-state index in [0.717, 1.165) is 0 Å². The van der Waals surface area contributed by atoms with Crippen molar-refractivity contribution < 1.29 is 21.6 Å². The van der Waals surface area contributed by atoms with Crippen molar-refractivity contribution in [3.8, 4) is 0 Å². The zero-order chi connectivity index (χ0) is 22.7. The van der Waals surface area contributed by atoms with Crippen LogP contribution in [0.25, 0.3) is 0 Å². The van der Waals surface area contributed by atoms with Crippen LogP contribution in [-0.2, 0) is 24.8 Å². The lowest BCUT2D eigenvalue weighted by molar-refractivity contribution is -0.120. The Morgan fingerprint density at radius 1 is 0.967 bits per heavy atom. The lowest BCUT2D eigenvalue weighted by Crippen LogP contribution is -2.46. The fourth-order valence-electron chi connectivity index (χ4n) is 3.21. The van der Waals surface area contributed by atoms with Crippen LogP contribution in [-0.4, -0.2) is 39.6 Å². The lowest BCUT2D eigenvalue weighted by Gasteiger charge is -2.30. The molecule has 0 radical (unpaired) electrons. The van der Waals surface area contributed by atoms with Gasteiger partial charge in [-0.05, 0) is 84.6 Å². The Labute approximate surface area is 180 Å². The molecule has 1 aliphatic rings. The van der Waals surface area contributed by atoms with E-state index in [-0.39, 0.29) is 28.8 Å². The number of hydrogen-bond acceptors (Lipinski definition) is 5. The van der Waals surface area contributed by atoms with Crippen LogP contribution in [0.3, 0.4) is 0 Å². The summed E-state index contributed by atoms with van der Waals surface area (Å²) in [6.45, 7) is 8.46. The van der Waals surface area contributed by atoms with E-state index < -0.39 is 24.8 Å². The van der Waals surface area contributed by atoms with Gasteiger partial charge in [-0.1, -0.05) is 0 Å². The minimum absolute atomic E-state index is 0.136. The van der Waals surface area contributed by atoms with Crippen molar-refractivity contribution in [3.63, 3.8) is 0 Å². The van der Waals surface area contributed by atoms with Gasteiger partial charge in [0.1, 0.15) is 0 Å². The summed E-state index contributed by atoms with van der Waals surface area (Å²) < 4.78 is 53.3. The molecule has 0 saturated heterocycles. The van der Waals surface area contributed by atoms with E-state index in [1.54, 1.807) is 46.8 Å². The van der Waals surface area contributed by atoms with Gasteiger partial charge in [-0.15, -0.1) is 0 Å². The zero-order valence-electron chi connectivity index (χ0n) is 18.2. The number of anilines is 1. The summed E-state index contributed by atoms with van der Waals surface area (Å²) in [7, 11) is -6.99. The minimum Gasteiger partial charge on any atom is -0.326 e. The Bertz CT molecular complexity index is 941. The van der Waals surface area contributed by atoms with Crippen molar-refractivity contribution >= 4 is 31.6 Å². The maximum absolute atomic E-state index is 12.6. The van der Waals surface area contributed by atoms with E-state index in [4.69, 9.17) is 0 Å². The average Bonchev–Trinajstić information content (AvgIpc) is 2.60. The molecule has 0 heterocycles. The quantitative estimate of drug-likeness (QED) is 0.579. The summed E-state index contributed by atoms with van der Waals surface area (Å²) in [5.41, 5.74) is 0.527. The van der Waals surface area contributed by atoms with Crippen LogP contribution in [0.15, 0.2) is 29.2 Å². The van der Waals surface area contributed by atoms with Gasteiger partial charge in [0.25, 0.3) is 0 Å². The highest BCUT2D eigenvalue weighted by molar-refractivity contribution is 7.90. The van der Waals surface area contributed by atoms with Crippen LogP contribution in [0.1, 0.15) is 60.3 Å². The number of hydrogen-bond donors (Lipinski definition) is 3. The Morgan fingerprint density at radius 3 is 1.97 bits per heavy atom. The summed E-state index contributed by atoms with van der Waals surface area (Å²) in [4.78, 5) is 12.7. The lowest BCUT2D eigenvalue weighted by atomic mass is 9.86. The fraction of sp³-hybridized carbons (Fsp3) is 0.650. The van der Waals surface area contributed by atoms with Crippen LogP contribution in [0, 0.1) is 5.92 Å². The molecular weight excluding hydrogens is 426 g/mol. The molecule has 1 aromatic rings. The third-order valence-corrected chi connectivity index (χ3v) is 8.98. The van der Waals surface area contributed by atoms with Gasteiger partial charge in [0.2, 0.25) is 26.0 Å². The molecule has 1 aliphatic carbocycles. The van der Waals surface area contributed by atoms with Crippen molar-refractivity contribution in [1.82, 2.24) is 9.44 Å². The van der Waals surface area contributed by atoms with Crippen molar-refractivity contribution in [1.29, 1.82) is 0 Å². The Morgan fingerprint density at radius 2 is 1.50 bits per heavy atom. The topological polar surface area (TPSA) is 121 Å². The third kappa shape index (κ3) is 6.50. The predicted octanol–water partition coefficient (Wildman–Crippen LogP) is 2.59. The second-order valence-corrected chi connectivity index (χ2v) is 13.3. The molecule has 0 unspecified atom stereocenters. The molecule has 0 bridgehead atoms. The fourth-order valence-corrected chi connectivity index (χ4v) is 5.49. The van der Waals surface area contributed by atoms with Crippen LogP contribution in [0.5, 0.6) is 0 Å². The van der Waals surface area contributed by atoms with Gasteiger partial charge in [0, 0.05) is 23.7 Å². The normalized spacial score (nSPS) is 20.9. The molecule has 0 spiro atoms. The molecule has 30 heavy (non-hydrogen) atoms. The Balaban J connectivity index is 1.91. The predicted molar refractivity (Wildman–Crippen MR) is 118 cm³/mol. The molecule has 170 valence electrons. The molecule has 10 heteroatoms. The molecule has 8 nitrogen and oxygen atoms in total. The maximum atomic E-state index is 12.6. The number of sulfonamides is 2. The molecule has 3 N–H and O–H groups in total. The van der Waals surface area contributed by atoms with Crippen molar-refractivity contribution in [2.45, 2.75) is 82.0 Å². The van der Waals surface area contributed by atoms with Crippen LogP contribution in [0.4, 0.5) is 5.69 Å². The van der Waals surface area contributed by atoms with E-state index >= 15 is 0 Å². The summed E-state index contributed by atoms with van der Waals surface area (Å²) in [5.74, 6) is -0.338. The van der Waals surface area contributed by atoms with Crippen LogP contribution in [0.2, 0.25) is 0 Å². The highest BCUT2D eigenvalue weighted by Gasteiger charge is 2.34. The van der Waals surface area contributed by atoms with E-state index in [9.17, 15) is 21.6 Å². The first-order valence-corrected chi connectivity index (χ1v) is 13.1. The number of rotatable bonds is 7. The summed E-state index contributed by atoms with van der Waals surface area (Å²) in [5, 5.41) is 2.83. The molecule has 0 aliphatic heterocycles. The van der Waals surface area contributed by atoms with Crippen LogP contribution >= 0.6 is 0 Å². The molecule has 2 rings (SSSR count). The average molecular weight is 460 g/mol. The van der Waals surface area contributed by atoms with E-state index in [1.807, 2.05) is 0 Å². The molecular formula is C20H33N3O5S2. The molecule has 1 aromatic carbocycles. The molecule has 1 saturated carbocycles. The Hall–Kier alpha value is -1.49. The van der Waals surface area contributed by atoms with Gasteiger partial charge in [-0.25, -0.2) is 26.3 Å². The number of nitrogens with one attached hydrogen (secondary N) is 3. The monoisotopic (exact) mass is 459 g/mol. The van der Waals surface area contributed by atoms with Gasteiger partial charge in [0.15, 0.2) is 0 Å². The van der Waals surface area contributed by atoms with Gasteiger partial charge >= 0.3 is 0 Å². The van der Waals surface area contributed by atoms with E-state index in [0.29, 0.717) is 31.4 Å². The number of carbonyl (C=O) groups excluding carboxylic acids is 1. The SMILES string of the molecule is CC(C)NS(=O)(=O)c1ccc(NC(=O)[C@H]2CC[C@H](NS(=O)(=O)C(C)(C)C)CC2)cc1. The molecule has 0 aromatic heterocycles. The van der Waals surface area contributed by atoms with Crippen molar-refractivity contribution in [3.05, 3.63) is 24.3 Å². The molecule has 1 fully saturated rings. The molecule has 1 amide bonds. The smallest absolute Gasteiger partial charge is 0.240 e. The second kappa shape index (κ2) is 9.33. The standard InChI is InChI=1S/C20H33N3O5S2/c1-14(2)22-29(25,26)18-12-10-16(11-13-18)21-19(24)15-6-8-17(9-7-15)23-30(27,28)20(3,4)5/h10-15,17,22-23H,6-9H2,1-5H3,(H,21,24)/t15-,17-. The maximum Gasteiger partial charge on any atom is 0.240 e. The zero-order valence-corrected chi connectivity index (χ0v) is 19.9. The largest absolute Gasteiger partial charge is 0.326 e. The number of benzene rings is 1. The molecule has 0 atom stereocenters. The second-order valence-electron chi connectivity index (χ2n) is 9.07. The van der Waals surface area contributed by atoms with Gasteiger partial charge in [-0.3, -0.25) is 4.79 Å². The van der Waals surface area contributed by atoms with Crippen molar-refractivity contribution in [2.75, 3.05) is 5.32 Å². The number of amides is 1. The number of carbonyl (C=O) groups is 1. The third-order valence-electron chi connectivity index (χ3n) is 5.05. The first-order valence-electron chi connectivity index (χ1n) is 10.2. The summed E-state index contributed by atoms with van der Waals surface area (Å²) in [6.07, 6.45) is 2.39. The van der Waals surface area contributed by atoms with Crippen molar-refractivity contribution in [2.24, 2.45) is 5.92 Å². The van der Waals surface area contributed by atoms with Gasteiger partial charge in [0.05, 0.1) is 9.64 Å². The van der Waals surface area contributed by atoms with E-state index in [1.165, 1.54) is 12.1 Å². The summed E-state index contributed by atoms with van der Waals surface area (Å²) in [6, 6.07) is 5.68. The van der Waals surface area contributed by atoms with E-state index in [2.05, 4.69) is 14.8 Å². The highest BCUT2D eigenvalue weighted by Crippen LogP contribution is 2.27. The van der Waals surface area contributed by atoms with Gasteiger partial charge < -0.3 is 5.32 Å². The first kappa shape index (κ1) is 24.8.